The second-order valence-electron chi connectivity index (χ2n) is 5.05. The number of Topliss-reactive ketones (excluding diaryl/α,β-unsaturated/α-hetero) is 2. The second-order valence-corrected chi connectivity index (χ2v) is 6.61. The maximum Gasteiger partial charge on any atom is 0.178 e. The number of ketones is 2. The summed E-state index contributed by atoms with van der Waals surface area (Å²) < 4.78 is 11.9. The highest BCUT2D eigenvalue weighted by Gasteiger charge is 2.24. The lowest BCUT2D eigenvalue weighted by molar-refractivity contribution is 0.0961. The average Bonchev–Trinajstić information content (AvgIpc) is 2.56. The van der Waals surface area contributed by atoms with Crippen LogP contribution in [0.4, 0.5) is 0 Å². The van der Waals surface area contributed by atoms with Crippen LogP contribution in [0.5, 0.6) is 0 Å². The maximum atomic E-state index is 12.4. The van der Waals surface area contributed by atoms with Crippen molar-refractivity contribution in [2.45, 2.75) is 18.1 Å². The van der Waals surface area contributed by atoms with Crippen molar-refractivity contribution in [2.24, 2.45) is 0 Å². The molecule has 0 saturated heterocycles. The molecule has 0 bridgehead atoms. The van der Waals surface area contributed by atoms with E-state index in [1.165, 1.54) is 6.26 Å². The Balaban J connectivity index is 2.05. The molecule has 2 rings (SSSR count). The molecule has 0 aliphatic heterocycles. The first-order valence-corrected chi connectivity index (χ1v) is 8.71. The predicted octanol–water partition coefficient (Wildman–Crippen LogP) is 3.28. The van der Waals surface area contributed by atoms with E-state index in [1.807, 2.05) is 12.1 Å². The third-order valence-corrected chi connectivity index (χ3v) is 4.73. The van der Waals surface area contributed by atoms with E-state index in [0.717, 1.165) is 0 Å². The summed E-state index contributed by atoms with van der Waals surface area (Å²) >= 11 is 0. The molecule has 0 aromatic heterocycles. The fourth-order valence-electron chi connectivity index (χ4n) is 2.27. The summed E-state index contributed by atoms with van der Waals surface area (Å²) in [6.07, 6.45) is 2.02. The van der Waals surface area contributed by atoms with Gasteiger partial charge in [0.25, 0.3) is 0 Å². The van der Waals surface area contributed by atoms with E-state index < -0.39 is 16.0 Å². The zero-order valence-electron chi connectivity index (χ0n) is 12.4. The average molecular weight is 314 g/mol. The van der Waals surface area contributed by atoms with Crippen molar-refractivity contribution in [3.8, 4) is 0 Å². The van der Waals surface area contributed by atoms with Crippen molar-refractivity contribution in [3.63, 3.8) is 0 Å². The number of hydrogen-bond acceptors (Lipinski definition) is 3. The molecule has 0 saturated carbocycles. The molecule has 2 atom stereocenters. The van der Waals surface area contributed by atoms with Crippen molar-refractivity contribution in [2.75, 3.05) is 6.26 Å². The molecule has 2 aromatic carbocycles. The molecule has 3 nitrogen and oxygen atoms in total. The molecule has 0 spiro atoms. The zero-order valence-corrected chi connectivity index (χ0v) is 13.2. The summed E-state index contributed by atoms with van der Waals surface area (Å²) in [6.45, 7) is 0. The molecule has 22 heavy (non-hydrogen) atoms. The first kappa shape index (κ1) is 16.3. The number of hydrogen-bond donors (Lipinski definition) is 0. The van der Waals surface area contributed by atoms with Gasteiger partial charge in [-0.25, -0.2) is 0 Å². The van der Waals surface area contributed by atoms with Gasteiger partial charge in [-0.1, -0.05) is 60.7 Å². The molecule has 0 aliphatic carbocycles. The molecule has 0 aliphatic rings. The normalized spacial score (nSPS) is 13.3. The topological polar surface area (TPSA) is 51.2 Å². The Morgan fingerprint density at radius 1 is 0.909 bits per heavy atom. The number of carbonyl (C=O) groups is 2. The highest BCUT2D eigenvalue weighted by atomic mass is 32.2. The van der Waals surface area contributed by atoms with Crippen LogP contribution >= 0.6 is 0 Å². The molecular formula is C18H18O3S. The molecule has 0 fully saturated rings. The van der Waals surface area contributed by atoms with E-state index in [4.69, 9.17) is 0 Å². The van der Waals surface area contributed by atoms with Gasteiger partial charge in [-0.2, -0.15) is 0 Å². The first-order chi connectivity index (χ1) is 10.6. The van der Waals surface area contributed by atoms with Gasteiger partial charge >= 0.3 is 0 Å². The second kappa shape index (κ2) is 7.80. The van der Waals surface area contributed by atoms with Crippen LogP contribution in [-0.4, -0.2) is 27.3 Å². The van der Waals surface area contributed by atoms with Gasteiger partial charge in [0.05, 0.1) is 5.25 Å². The van der Waals surface area contributed by atoms with Gasteiger partial charge in [-0.15, -0.1) is 0 Å². The van der Waals surface area contributed by atoms with E-state index in [2.05, 4.69) is 0 Å². The summed E-state index contributed by atoms with van der Waals surface area (Å²) in [5.74, 6) is -0.195. The van der Waals surface area contributed by atoms with Crippen molar-refractivity contribution < 1.29 is 13.8 Å². The van der Waals surface area contributed by atoms with E-state index in [1.54, 1.807) is 48.5 Å². The van der Waals surface area contributed by atoms with Crippen LogP contribution in [0, 0.1) is 0 Å². The van der Waals surface area contributed by atoms with Crippen LogP contribution in [0.1, 0.15) is 33.6 Å². The highest BCUT2D eigenvalue weighted by molar-refractivity contribution is 7.85. The minimum Gasteiger partial charge on any atom is -0.294 e. The molecule has 2 unspecified atom stereocenters. The lowest BCUT2D eigenvalue weighted by Gasteiger charge is -2.13. The number of rotatable bonds is 7. The highest BCUT2D eigenvalue weighted by Crippen LogP contribution is 2.15. The lowest BCUT2D eigenvalue weighted by atomic mass is 10.0. The van der Waals surface area contributed by atoms with Crippen LogP contribution in [0.25, 0.3) is 0 Å². The van der Waals surface area contributed by atoms with E-state index in [0.29, 0.717) is 17.5 Å². The van der Waals surface area contributed by atoms with Crippen LogP contribution in [0.15, 0.2) is 60.7 Å². The number of benzene rings is 2. The molecule has 4 heteroatoms. The van der Waals surface area contributed by atoms with Crippen LogP contribution in [0.2, 0.25) is 0 Å². The lowest BCUT2D eigenvalue weighted by Crippen LogP contribution is -2.26. The largest absolute Gasteiger partial charge is 0.294 e. The third-order valence-electron chi connectivity index (χ3n) is 3.48. The summed E-state index contributed by atoms with van der Waals surface area (Å²) in [5, 5.41) is -0.643. The van der Waals surface area contributed by atoms with E-state index >= 15 is 0 Å². The monoisotopic (exact) mass is 314 g/mol. The Labute approximate surface area is 132 Å². The molecule has 114 valence electrons. The quantitative estimate of drug-likeness (QED) is 0.737. The van der Waals surface area contributed by atoms with Gasteiger partial charge in [0.15, 0.2) is 11.6 Å². The Morgan fingerprint density at radius 2 is 1.41 bits per heavy atom. The van der Waals surface area contributed by atoms with Crippen LogP contribution < -0.4 is 0 Å². The first-order valence-electron chi connectivity index (χ1n) is 7.09. The minimum atomic E-state index is -1.31. The van der Waals surface area contributed by atoms with Crippen LogP contribution in [0.3, 0.4) is 0 Å². The maximum absolute atomic E-state index is 12.4. The summed E-state index contributed by atoms with van der Waals surface area (Å²) in [7, 11) is -1.31. The fraction of sp³-hybridized carbons (Fsp3) is 0.222. The Morgan fingerprint density at radius 3 is 1.91 bits per heavy atom. The summed E-state index contributed by atoms with van der Waals surface area (Å²) in [4.78, 5) is 24.6. The molecule has 0 radical (unpaired) electrons. The van der Waals surface area contributed by atoms with Gasteiger partial charge in [-0.3, -0.25) is 13.8 Å². The van der Waals surface area contributed by atoms with Gasteiger partial charge < -0.3 is 0 Å². The van der Waals surface area contributed by atoms with E-state index in [-0.39, 0.29) is 18.0 Å². The Bertz CT molecular complexity index is 665. The van der Waals surface area contributed by atoms with Gasteiger partial charge in [0.2, 0.25) is 0 Å². The fourth-order valence-corrected chi connectivity index (χ4v) is 3.15. The predicted molar refractivity (Wildman–Crippen MR) is 88.6 cm³/mol. The van der Waals surface area contributed by atoms with Crippen molar-refractivity contribution >= 4 is 22.4 Å². The Kier molecular flexibility index (Phi) is 5.78. The zero-order chi connectivity index (χ0) is 15.9. The SMILES string of the molecule is CS(=O)C(CCC(=O)c1ccccc1)C(=O)c1ccccc1. The molecule has 0 N–H and O–H groups in total. The van der Waals surface area contributed by atoms with Gasteiger partial charge in [0, 0.05) is 34.6 Å². The smallest absolute Gasteiger partial charge is 0.178 e. The molecular weight excluding hydrogens is 296 g/mol. The standard InChI is InChI=1S/C18H18O3S/c1-22(21)17(18(20)15-10-6-3-7-11-15)13-12-16(19)14-8-4-2-5-9-14/h2-11,17H,12-13H2,1H3. The minimum absolute atomic E-state index is 0.0306. The molecule has 0 heterocycles. The van der Waals surface area contributed by atoms with Crippen molar-refractivity contribution in [3.05, 3.63) is 71.8 Å². The third kappa shape index (κ3) is 4.21. The van der Waals surface area contributed by atoms with E-state index in [9.17, 15) is 13.8 Å². The van der Waals surface area contributed by atoms with Crippen LogP contribution in [-0.2, 0) is 10.8 Å². The van der Waals surface area contributed by atoms with Crippen molar-refractivity contribution in [1.82, 2.24) is 0 Å². The van der Waals surface area contributed by atoms with Gasteiger partial charge in [-0.05, 0) is 6.42 Å². The molecule has 2 aromatic rings. The molecule has 0 amide bonds. The number of carbonyl (C=O) groups excluding carboxylic acids is 2. The van der Waals surface area contributed by atoms with Crippen molar-refractivity contribution in [1.29, 1.82) is 0 Å². The summed E-state index contributed by atoms with van der Waals surface area (Å²) in [6, 6.07) is 17.7. The van der Waals surface area contributed by atoms with Gasteiger partial charge in [0.1, 0.15) is 0 Å². The summed E-state index contributed by atoms with van der Waals surface area (Å²) in [5.41, 5.74) is 1.16. The Hall–Kier alpha value is -2.07.